The van der Waals surface area contributed by atoms with Gasteiger partial charge in [0.05, 0.1) is 17.6 Å². The second-order valence-electron chi connectivity index (χ2n) is 8.22. The van der Waals surface area contributed by atoms with Gasteiger partial charge in [0.15, 0.2) is 0 Å². The van der Waals surface area contributed by atoms with Crippen LogP contribution in [0.1, 0.15) is 22.6 Å². The number of rotatable bonds is 9. The van der Waals surface area contributed by atoms with Crippen molar-refractivity contribution in [1.29, 1.82) is 0 Å². The minimum atomic E-state index is -0.0632. The van der Waals surface area contributed by atoms with Gasteiger partial charge in [-0.15, -0.1) is 0 Å². The van der Waals surface area contributed by atoms with Crippen LogP contribution in [0.2, 0.25) is 0 Å². The molecule has 4 aromatic carbocycles. The number of amides is 1. The summed E-state index contributed by atoms with van der Waals surface area (Å²) < 4.78 is 8.39. The molecule has 0 aliphatic rings. The summed E-state index contributed by atoms with van der Waals surface area (Å²) in [6, 6.07) is 31.9. The average Bonchev–Trinajstić information content (AvgIpc) is 3.24. The maximum atomic E-state index is 12.4. The topological polar surface area (TPSA) is 56.2 Å². The van der Waals surface area contributed by atoms with Crippen LogP contribution in [0, 0.1) is 0 Å². The second kappa shape index (κ2) is 10.2. The molecule has 0 aliphatic carbocycles. The van der Waals surface area contributed by atoms with E-state index in [0.29, 0.717) is 25.1 Å². The molecule has 0 saturated heterocycles. The quantitative estimate of drug-likeness (QED) is 0.297. The van der Waals surface area contributed by atoms with Crippen LogP contribution < -0.4 is 10.1 Å². The van der Waals surface area contributed by atoms with E-state index >= 15 is 0 Å². The van der Waals surface area contributed by atoms with E-state index < -0.39 is 0 Å². The maximum Gasteiger partial charge on any atom is 0.251 e. The summed E-state index contributed by atoms with van der Waals surface area (Å²) in [6.45, 7) is 1.95. The molecule has 0 spiro atoms. The Balaban J connectivity index is 1.23. The van der Waals surface area contributed by atoms with E-state index in [2.05, 4.69) is 34.1 Å². The molecule has 0 radical (unpaired) electrons. The van der Waals surface area contributed by atoms with E-state index in [4.69, 9.17) is 9.72 Å². The number of aromatic nitrogens is 2. The highest BCUT2D eigenvalue weighted by molar-refractivity contribution is 5.94. The number of nitrogens with zero attached hydrogens (tertiary/aromatic N) is 2. The average molecular weight is 450 g/mol. The first-order chi connectivity index (χ1) is 16.8. The second-order valence-corrected chi connectivity index (χ2v) is 8.22. The predicted octanol–water partition coefficient (Wildman–Crippen LogP) is 5.63. The lowest BCUT2D eigenvalue weighted by Crippen LogP contribution is -2.26. The van der Waals surface area contributed by atoms with E-state index in [1.165, 1.54) is 5.39 Å². The highest BCUT2D eigenvalue weighted by Crippen LogP contribution is 2.25. The normalized spacial score (nSPS) is 11.1. The van der Waals surface area contributed by atoms with E-state index in [1.54, 1.807) is 0 Å². The molecule has 0 bridgehead atoms. The molecular formula is C29H27N3O2. The fourth-order valence-electron chi connectivity index (χ4n) is 4.27. The first-order valence-electron chi connectivity index (χ1n) is 11.7. The highest BCUT2D eigenvalue weighted by Gasteiger charge is 2.11. The van der Waals surface area contributed by atoms with Crippen molar-refractivity contribution in [2.75, 3.05) is 13.2 Å². The van der Waals surface area contributed by atoms with Gasteiger partial charge >= 0.3 is 0 Å². The van der Waals surface area contributed by atoms with Gasteiger partial charge in [0.1, 0.15) is 11.6 Å². The number of benzene rings is 4. The number of hydrogen-bond acceptors (Lipinski definition) is 3. The molecule has 5 nitrogen and oxygen atoms in total. The predicted molar refractivity (Wildman–Crippen MR) is 136 cm³/mol. The Morgan fingerprint density at radius 1 is 0.853 bits per heavy atom. The molecular weight excluding hydrogens is 422 g/mol. The lowest BCUT2D eigenvalue weighted by atomic mass is 10.1. The van der Waals surface area contributed by atoms with Gasteiger partial charge in [0.25, 0.3) is 5.91 Å². The summed E-state index contributed by atoms with van der Waals surface area (Å²) in [4.78, 5) is 17.2. The Morgan fingerprint density at radius 2 is 1.62 bits per heavy atom. The zero-order valence-corrected chi connectivity index (χ0v) is 19.0. The third kappa shape index (κ3) is 4.79. The highest BCUT2D eigenvalue weighted by atomic mass is 16.5. The Kier molecular flexibility index (Phi) is 6.52. The van der Waals surface area contributed by atoms with Crippen LogP contribution in [0.25, 0.3) is 21.8 Å². The molecule has 5 heteroatoms. The number of nitrogens with one attached hydrogen (secondary N) is 1. The monoisotopic (exact) mass is 449 g/mol. The van der Waals surface area contributed by atoms with Crippen molar-refractivity contribution in [2.24, 2.45) is 0 Å². The van der Waals surface area contributed by atoms with Gasteiger partial charge in [-0.05, 0) is 42.1 Å². The van der Waals surface area contributed by atoms with Crippen molar-refractivity contribution in [3.8, 4) is 5.75 Å². The molecule has 0 atom stereocenters. The number of hydrogen-bond donors (Lipinski definition) is 1. The third-order valence-electron chi connectivity index (χ3n) is 5.94. The van der Waals surface area contributed by atoms with Crippen molar-refractivity contribution in [2.45, 2.75) is 19.4 Å². The Morgan fingerprint density at radius 3 is 2.53 bits per heavy atom. The number of carbonyl (C=O) groups excluding carboxylic acids is 1. The largest absolute Gasteiger partial charge is 0.493 e. The molecule has 1 aromatic heterocycles. The van der Waals surface area contributed by atoms with Gasteiger partial charge in [0.2, 0.25) is 0 Å². The van der Waals surface area contributed by atoms with Crippen molar-refractivity contribution in [3.63, 3.8) is 0 Å². The Hall–Kier alpha value is -4.12. The fourth-order valence-corrected chi connectivity index (χ4v) is 4.27. The van der Waals surface area contributed by atoms with Crippen LogP contribution in [0.4, 0.5) is 0 Å². The van der Waals surface area contributed by atoms with E-state index in [9.17, 15) is 4.79 Å². The van der Waals surface area contributed by atoms with Crippen LogP contribution in [0.5, 0.6) is 5.75 Å². The number of aryl methyl sites for hydroxylation is 1. The summed E-state index contributed by atoms with van der Waals surface area (Å²) in [6.07, 6.45) is 1.52. The van der Waals surface area contributed by atoms with Crippen molar-refractivity contribution < 1.29 is 9.53 Å². The molecule has 34 heavy (non-hydrogen) atoms. The number of fused-ring (bicyclic) bond motifs is 2. The van der Waals surface area contributed by atoms with Crippen molar-refractivity contribution >= 4 is 27.7 Å². The summed E-state index contributed by atoms with van der Waals surface area (Å²) >= 11 is 0. The van der Waals surface area contributed by atoms with Crippen LogP contribution in [-0.4, -0.2) is 28.6 Å². The minimum absolute atomic E-state index is 0.0632. The minimum Gasteiger partial charge on any atom is -0.493 e. The van der Waals surface area contributed by atoms with Gasteiger partial charge in [-0.25, -0.2) is 4.98 Å². The number of ether oxygens (including phenoxy) is 1. The van der Waals surface area contributed by atoms with E-state index in [0.717, 1.165) is 41.0 Å². The molecule has 170 valence electrons. The zero-order chi connectivity index (χ0) is 23.2. The van der Waals surface area contributed by atoms with Crippen molar-refractivity contribution in [1.82, 2.24) is 14.9 Å². The first kappa shape index (κ1) is 21.7. The van der Waals surface area contributed by atoms with Gasteiger partial charge in [0, 0.05) is 30.5 Å². The Labute approximate surface area is 199 Å². The molecule has 0 fully saturated rings. The molecule has 0 saturated carbocycles. The van der Waals surface area contributed by atoms with Gasteiger partial charge < -0.3 is 14.6 Å². The summed E-state index contributed by atoms with van der Waals surface area (Å²) in [5.41, 5.74) is 2.75. The van der Waals surface area contributed by atoms with Crippen molar-refractivity contribution in [3.05, 3.63) is 108 Å². The summed E-state index contributed by atoms with van der Waals surface area (Å²) in [7, 11) is 0. The number of imidazole rings is 1. The standard InChI is InChI=1S/C29H27N3O2/c33-29(23-11-2-1-3-12-23)30-19-18-28-31-25-15-6-7-16-26(25)32(28)20-9-21-34-27-17-8-13-22-10-4-5-14-24(22)27/h1-8,10-17H,9,18-21H2,(H,30,33). The molecule has 0 aliphatic heterocycles. The molecule has 5 aromatic rings. The Bertz CT molecular complexity index is 1400. The molecule has 5 rings (SSSR count). The van der Waals surface area contributed by atoms with Gasteiger partial charge in [-0.2, -0.15) is 0 Å². The SMILES string of the molecule is O=C(NCCc1nc2ccccc2n1CCCOc1cccc2ccccc12)c1ccccc1. The summed E-state index contributed by atoms with van der Waals surface area (Å²) in [5, 5.41) is 5.32. The molecule has 0 unspecified atom stereocenters. The van der Waals surface area contributed by atoms with Gasteiger partial charge in [-0.3, -0.25) is 4.79 Å². The first-order valence-corrected chi connectivity index (χ1v) is 11.7. The van der Waals surface area contributed by atoms with E-state index in [1.807, 2.05) is 72.8 Å². The zero-order valence-electron chi connectivity index (χ0n) is 19.0. The van der Waals surface area contributed by atoms with E-state index in [-0.39, 0.29) is 5.91 Å². The molecule has 1 amide bonds. The van der Waals surface area contributed by atoms with Crippen LogP contribution >= 0.6 is 0 Å². The van der Waals surface area contributed by atoms with Gasteiger partial charge in [-0.1, -0.05) is 66.7 Å². The molecule has 1 heterocycles. The number of para-hydroxylation sites is 2. The van der Waals surface area contributed by atoms with Crippen LogP contribution in [0.3, 0.4) is 0 Å². The van der Waals surface area contributed by atoms with Crippen LogP contribution in [-0.2, 0) is 13.0 Å². The smallest absolute Gasteiger partial charge is 0.251 e. The molecule has 1 N–H and O–H groups in total. The fraction of sp³-hybridized carbons (Fsp3) is 0.172. The lowest BCUT2D eigenvalue weighted by molar-refractivity contribution is 0.0954. The van der Waals surface area contributed by atoms with Crippen LogP contribution in [0.15, 0.2) is 97.1 Å². The third-order valence-corrected chi connectivity index (χ3v) is 5.94. The summed E-state index contributed by atoms with van der Waals surface area (Å²) in [5.74, 6) is 1.82. The maximum absolute atomic E-state index is 12.4. The number of carbonyl (C=O) groups is 1. The lowest BCUT2D eigenvalue weighted by Gasteiger charge is -2.12.